The number of benzene rings is 2. The van der Waals surface area contributed by atoms with Gasteiger partial charge in [-0.25, -0.2) is 8.42 Å². The Kier molecular flexibility index (Phi) is 5.70. The molecule has 1 aliphatic heterocycles. The van der Waals surface area contributed by atoms with E-state index in [-0.39, 0.29) is 11.7 Å². The molecule has 144 valence electrons. The van der Waals surface area contributed by atoms with Crippen molar-refractivity contribution in [3.63, 3.8) is 0 Å². The lowest BCUT2D eigenvalue weighted by Crippen LogP contribution is -2.48. The van der Waals surface area contributed by atoms with Crippen LogP contribution in [-0.2, 0) is 15.6 Å². The third-order valence-corrected chi connectivity index (χ3v) is 5.47. The van der Waals surface area contributed by atoms with E-state index in [1.807, 2.05) is 29.2 Å². The fourth-order valence-corrected chi connectivity index (χ4v) is 4.00. The van der Waals surface area contributed by atoms with Gasteiger partial charge < -0.3 is 14.5 Å². The van der Waals surface area contributed by atoms with Gasteiger partial charge in [-0.15, -0.1) is 0 Å². The van der Waals surface area contributed by atoms with E-state index in [0.717, 1.165) is 24.5 Å². The molecule has 1 aliphatic rings. The summed E-state index contributed by atoms with van der Waals surface area (Å²) in [4.78, 5) is 16.8. The number of hydrogen-bond donors (Lipinski definition) is 0. The Balaban J connectivity index is 1.61. The minimum atomic E-state index is -3.08. The van der Waals surface area contributed by atoms with Crippen LogP contribution in [0.2, 0.25) is 0 Å². The summed E-state index contributed by atoms with van der Waals surface area (Å²) < 4.78 is 28.0. The number of anilines is 1. The second-order valence-electron chi connectivity index (χ2n) is 6.75. The molecular weight excluding hydrogens is 364 g/mol. The average molecular weight is 388 g/mol. The first-order chi connectivity index (χ1) is 12.9. The van der Waals surface area contributed by atoms with Crippen LogP contribution in [0.1, 0.15) is 15.9 Å². The van der Waals surface area contributed by atoms with Crippen molar-refractivity contribution >= 4 is 21.4 Å². The Morgan fingerprint density at radius 1 is 1.04 bits per heavy atom. The quantitative estimate of drug-likeness (QED) is 0.786. The van der Waals surface area contributed by atoms with E-state index in [0.29, 0.717) is 24.2 Å². The van der Waals surface area contributed by atoms with Crippen molar-refractivity contribution in [1.82, 2.24) is 4.90 Å². The number of carbonyl (C=O) groups is 1. The number of nitrogens with zero attached hydrogens (tertiary/aromatic N) is 2. The number of carbonyl (C=O) groups excluding carboxylic acids is 1. The normalized spacial score (nSPS) is 14.9. The monoisotopic (exact) mass is 388 g/mol. The van der Waals surface area contributed by atoms with Gasteiger partial charge in [0.25, 0.3) is 5.91 Å². The van der Waals surface area contributed by atoms with Crippen molar-refractivity contribution in [3.8, 4) is 5.75 Å². The zero-order chi connectivity index (χ0) is 19.4. The third-order valence-electron chi connectivity index (χ3n) is 4.62. The van der Waals surface area contributed by atoms with E-state index in [4.69, 9.17) is 4.74 Å². The zero-order valence-corrected chi connectivity index (χ0v) is 16.4. The number of ether oxygens (including phenoxy) is 1. The molecule has 1 heterocycles. The van der Waals surface area contributed by atoms with Crippen LogP contribution in [-0.4, -0.2) is 58.8 Å². The summed E-state index contributed by atoms with van der Waals surface area (Å²) in [6.07, 6.45) is 1.20. The molecule has 3 rings (SSSR count). The van der Waals surface area contributed by atoms with Crippen molar-refractivity contribution in [1.29, 1.82) is 0 Å². The van der Waals surface area contributed by atoms with Crippen LogP contribution in [0.25, 0.3) is 0 Å². The Hall–Kier alpha value is -2.54. The summed E-state index contributed by atoms with van der Waals surface area (Å²) in [5, 5.41) is 0. The van der Waals surface area contributed by atoms with Crippen molar-refractivity contribution < 1.29 is 17.9 Å². The number of amides is 1. The van der Waals surface area contributed by atoms with Gasteiger partial charge in [-0.05, 0) is 29.8 Å². The van der Waals surface area contributed by atoms with Crippen LogP contribution in [0, 0.1) is 0 Å². The summed E-state index contributed by atoms with van der Waals surface area (Å²) in [5.41, 5.74) is 2.37. The summed E-state index contributed by atoms with van der Waals surface area (Å²) in [6, 6.07) is 14.7. The fraction of sp³-hybridized carbons (Fsp3) is 0.350. The predicted molar refractivity (Wildman–Crippen MR) is 106 cm³/mol. The molecule has 1 amide bonds. The largest absolute Gasteiger partial charge is 0.497 e. The number of sulfone groups is 1. The second kappa shape index (κ2) is 8.00. The highest BCUT2D eigenvalue weighted by atomic mass is 32.2. The molecule has 0 radical (unpaired) electrons. The molecule has 7 heteroatoms. The smallest absolute Gasteiger partial charge is 0.253 e. The Morgan fingerprint density at radius 2 is 1.70 bits per heavy atom. The first-order valence-electron chi connectivity index (χ1n) is 8.81. The number of hydrogen-bond acceptors (Lipinski definition) is 5. The predicted octanol–water partition coefficient (Wildman–Crippen LogP) is 2.20. The minimum absolute atomic E-state index is 0.0132. The van der Waals surface area contributed by atoms with Gasteiger partial charge >= 0.3 is 0 Å². The molecule has 2 aromatic carbocycles. The Labute approximate surface area is 160 Å². The number of piperazine rings is 1. The maximum absolute atomic E-state index is 12.7. The summed E-state index contributed by atoms with van der Waals surface area (Å²) in [5.74, 6) is 0.784. The van der Waals surface area contributed by atoms with E-state index < -0.39 is 9.84 Å². The Morgan fingerprint density at radius 3 is 2.30 bits per heavy atom. The van der Waals surface area contributed by atoms with Crippen LogP contribution in [0.5, 0.6) is 5.75 Å². The van der Waals surface area contributed by atoms with E-state index in [9.17, 15) is 13.2 Å². The molecule has 1 saturated heterocycles. The van der Waals surface area contributed by atoms with Crippen molar-refractivity contribution in [2.45, 2.75) is 5.75 Å². The van der Waals surface area contributed by atoms with Gasteiger partial charge in [-0.3, -0.25) is 4.79 Å². The Bertz CT molecular complexity index is 902. The van der Waals surface area contributed by atoms with E-state index in [1.54, 1.807) is 31.4 Å². The summed E-state index contributed by atoms with van der Waals surface area (Å²) in [7, 11) is -1.43. The van der Waals surface area contributed by atoms with Gasteiger partial charge in [0.2, 0.25) is 0 Å². The highest BCUT2D eigenvalue weighted by Crippen LogP contribution is 2.22. The topological polar surface area (TPSA) is 66.9 Å². The first kappa shape index (κ1) is 19.2. The van der Waals surface area contributed by atoms with Crippen LogP contribution in [0.3, 0.4) is 0 Å². The lowest BCUT2D eigenvalue weighted by molar-refractivity contribution is 0.0746. The maximum atomic E-state index is 12.7. The molecule has 0 atom stereocenters. The van der Waals surface area contributed by atoms with Gasteiger partial charge in [0.05, 0.1) is 12.9 Å². The molecule has 6 nitrogen and oxygen atoms in total. The lowest BCUT2D eigenvalue weighted by Gasteiger charge is -2.36. The molecule has 0 N–H and O–H groups in total. The molecule has 0 bridgehead atoms. The first-order valence-corrected chi connectivity index (χ1v) is 10.9. The highest BCUT2D eigenvalue weighted by Gasteiger charge is 2.22. The molecule has 0 aliphatic carbocycles. The molecule has 0 unspecified atom stereocenters. The number of methoxy groups -OCH3 is 1. The SMILES string of the molecule is COc1cccc(N2CCN(C(=O)c3ccc(CS(C)(=O)=O)cc3)CC2)c1. The summed E-state index contributed by atoms with van der Waals surface area (Å²) in [6.45, 7) is 2.79. The zero-order valence-electron chi connectivity index (χ0n) is 15.6. The van der Waals surface area contributed by atoms with Crippen LogP contribution in [0.4, 0.5) is 5.69 Å². The third kappa shape index (κ3) is 5.01. The van der Waals surface area contributed by atoms with Crippen molar-refractivity contribution in [3.05, 3.63) is 59.7 Å². The number of rotatable bonds is 5. The van der Waals surface area contributed by atoms with Crippen LogP contribution in [0.15, 0.2) is 48.5 Å². The molecule has 0 saturated carbocycles. The van der Waals surface area contributed by atoms with Crippen LogP contribution < -0.4 is 9.64 Å². The second-order valence-corrected chi connectivity index (χ2v) is 8.89. The van der Waals surface area contributed by atoms with Gasteiger partial charge in [-0.1, -0.05) is 18.2 Å². The van der Waals surface area contributed by atoms with Gasteiger partial charge in [-0.2, -0.15) is 0 Å². The molecular formula is C20H24N2O4S. The van der Waals surface area contributed by atoms with Crippen molar-refractivity contribution in [2.24, 2.45) is 0 Å². The van der Waals surface area contributed by atoms with Gasteiger partial charge in [0, 0.05) is 49.8 Å². The lowest BCUT2D eigenvalue weighted by atomic mass is 10.1. The average Bonchev–Trinajstić information content (AvgIpc) is 2.67. The highest BCUT2D eigenvalue weighted by molar-refractivity contribution is 7.89. The maximum Gasteiger partial charge on any atom is 0.253 e. The summed E-state index contributed by atoms with van der Waals surface area (Å²) >= 11 is 0. The standard InChI is InChI=1S/C20H24N2O4S/c1-26-19-5-3-4-18(14-19)21-10-12-22(13-11-21)20(23)17-8-6-16(7-9-17)15-27(2,24)25/h3-9,14H,10-13,15H2,1-2H3. The molecule has 1 fully saturated rings. The van der Waals surface area contributed by atoms with E-state index in [1.165, 1.54) is 6.26 Å². The van der Waals surface area contributed by atoms with Gasteiger partial charge in [0.15, 0.2) is 9.84 Å². The molecule has 2 aromatic rings. The molecule has 27 heavy (non-hydrogen) atoms. The van der Waals surface area contributed by atoms with Crippen molar-refractivity contribution in [2.75, 3.05) is 44.4 Å². The van der Waals surface area contributed by atoms with Crippen LogP contribution >= 0.6 is 0 Å². The molecule has 0 spiro atoms. The van der Waals surface area contributed by atoms with E-state index >= 15 is 0 Å². The van der Waals surface area contributed by atoms with E-state index in [2.05, 4.69) is 4.90 Å². The molecule has 0 aromatic heterocycles. The minimum Gasteiger partial charge on any atom is -0.497 e. The van der Waals surface area contributed by atoms with Gasteiger partial charge in [0.1, 0.15) is 5.75 Å². The fourth-order valence-electron chi connectivity index (χ4n) is 3.20.